The second-order valence-electron chi connectivity index (χ2n) is 4.82. The van der Waals surface area contributed by atoms with E-state index in [0.717, 1.165) is 11.3 Å². The summed E-state index contributed by atoms with van der Waals surface area (Å²) in [6.07, 6.45) is 0.497. The molecule has 21 heavy (non-hydrogen) atoms. The Balaban J connectivity index is 2.00. The van der Waals surface area contributed by atoms with Gasteiger partial charge in [0.05, 0.1) is 11.4 Å². The van der Waals surface area contributed by atoms with Crippen molar-refractivity contribution in [2.75, 3.05) is 11.4 Å². The van der Waals surface area contributed by atoms with Gasteiger partial charge in [0.25, 0.3) is 5.91 Å². The third kappa shape index (κ3) is 2.33. The molecule has 0 bridgehead atoms. The highest BCUT2D eigenvalue weighted by molar-refractivity contribution is 6.14. The van der Waals surface area contributed by atoms with E-state index in [4.69, 9.17) is 5.21 Å². The number of phenolic OH excluding ortho intramolecular Hbond substituents is 1. The lowest BCUT2D eigenvalue weighted by atomic mass is 9.99. The fourth-order valence-corrected chi connectivity index (χ4v) is 2.50. The van der Waals surface area contributed by atoms with E-state index in [1.807, 2.05) is 24.3 Å². The number of para-hydroxylation sites is 1. The molecular weight excluding hydrogens is 268 g/mol. The zero-order valence-electron chi connectivity index (χ0n) is 11.2. The molecule has 0 radical (unpaired) electrons. The molecule has 0 saturated heterocycles. The molecule has 0 unspecified atom stereocenters. The summed E-state index contributed by atoms with van der Waals surface area (Å²) < 4.78 is 0. The van der Waals surface area contributed by atoms with Crippen molar-refractivity contribution in [3.63, 3.8) is 0 Å². The lowest BCUT2D eigenvalue weighted by Gasteiger charge is -2.29. The minimum Gasteiger partial charge on any atom is -0.508 e. The standard InChI is InChI=1S/C16H14N2O3/c19-12-7-5-11(6-8-12)16(20)18-10-9-14(17-21)13-3-1-2-4-15(13)18/h1-8,19,21H,9-10H2. The molecule has 1 heterocycles. The van der Waals surface area contributed by atoms with Crippen molar-refractivity contribution in [2.24, 2.45) is 5.16 Å². The monoisotopic (exact) mass is 282 g/mol. The molecule has 1 aliphatic rings. The Morgan fingerprint density at radius 2 is 1.81 bits per heavy atom. The Hall–Kier alpha value is -2.82. The SMILES string of the molecule is O=C(c1ccc(O)cc1)N1CCC(=NO)c2ccccc21. The first-order valence-electron chi connectivity index (χ1n) is 6.62. The van der Waals surface area contributed by atoms with E-state index >= 15 is 0 Å². The van der Waals surface area contributed by atoms with E-state index in [1.165, 1.54) is 12.1 Å². The smallest absolute Gasteiger partial charge is 0.258 e. The fourth-order valence-electron chi connectivity index (χ4n) is 2.50. The normalized spacial score (nSPS) is 15.8. The van der Waals surface area contributed by atoms with Gasteiger partial charge in [0.1, 0.15) is 5.75 Å². The summed E-state index contributed by atoms with van der Waals surface area (Å²) in [6.45, 7) is 0.454. The summed E-state index contributed by atoms with van der Waals surface area (Å²) in [6, 6.07) is 13.5. The van der Waals surface area contributed by atoms with Crippen LogP contribution in [0.4, 0.5) is 5.69 Å². The van der Waals surface area contributed by atoms with Gasteiger partial charge >= 0.3 is 0 Å². The van der Waals surface area contributed by atoms with Gasteiger partial charge < -0.3 is 15.2 Å². The number of nitrogens with zero attached hydrogens (tertiary/aromatic N) is 2. The summed E-state index contributed by atoms with van der Waals surface area (Å²) in [7, 11) is 0. The molecule has 0 atom stereocenters. The first kappa shape index (κ1) is 13.2. The number of rotatable bonds is 1. The zero-order chi connectivity index (χ0) is 14.8. The molecule has 0 spiro atoms. The Bertz CT molecular complexity index is 708. The molecule has 5 nitrogen and oxygen atoms in total. The van der Waals surface area contributed by atoms with Gasteiger partial charge in [-0.15, -0.1) is 0 Å². The summed E-state index contributed by atoms with van der Waals surface area (Å²) in [5.74, 6) is -0.0141. The predicted molar refractivity (Wildman–Crippen MR) is 79.2 cm³/mol. The lowest BCUT2D eigenvalue weighted by molar-refractivity contribution is 0.0987. The average molecular weight is 282 g/mol. The maximum atomic E-state index is 12.6. The van der Waals surface area contributed by atoms with E-state index in [-0.39, 0.29) is 11.7 Å². The predicted octanol–water partition coefficient (Wildman–Crippen LogP) is 2.62. The van der Waals surface area contributed by atoms with Gasteiger partial charge in [0.2, 0.25) is 0 Å². The van der Waals surface area contributed by atoms with Crippen LogP contribution in [-0.2, 0) is 0 Å². The molecule has 0 aromatic heterocycles. The van der Waals surface area contributed by atoms with Crippen molar-refractivity contribution in [3.05, 3.63) is 59.7 Å². The van der Waals surface area contributed by atoms with Crippen molar-refractivity contribution in [1.82, 2.24) is 0 Å². The molecule has 2 aromatic rings. The number of phenols is 1. The van der Waals surface area contributed by atoms with Crippen LogP contribution in [0.2, 0.25) is 0 Å². The van der Waals surface area contributed by atoms with Crippen LogP contribution in [0.3, 0.4) is 0 Å². The lowest BCUT2D eigenvalue weighted by Crippen LogP contribution is -2.37. The number of amides is 1. The summed E-state index contributed by atoms with van der Waals surface area (Å²) in [5, 5.41) is 21.7. The molecule has 5 heteroatoms. The molecule has 0 aliphatic carbocycles. The van der Waals surface area contributed by atoms with Crippen LogP contribution < -0.4 is 4.90 Å². The number of fused-ring (bicyclic) bond motifs is 1. The van der Waals surface area contributed by atoms with Gasteiger partial charge in [0, 0.05) is 24.1 Å². The largest absolute Gasteiger partial charge is 0.508 e. The Kier molecular flexibility index (Phi) is 3.31. The molecular formula is C16H14N2O3. The Morgan fingerprint density at radius 3 is 2.52 bits per heavy atom. The van der Waals surface area contributed by atoms with Crippen molar-refractivity contribution < 1.29 is 15.1 Å². The molecule has 0 saturated carbocycles. The average Bonchev–Trinajstić information content (AvgIpc) is 2.54. The number of aromatic hydroxyl groups is 1. The van der Waals surface area contributed by atoms with Crippen molar-refractivity contribution >= 4 is 17.3 Å². The first-order chi connectivity index (χ1) is 10.2. The Morgan fingerprint density at radius 1 is 1.10 bits per heavy atom. The van der Waals surface area contributed by atoms with Crippen molar-refractivity contribution in [2.45, 2.75) is 6.42 Å². The molecule has 2 N–H and O–H groups in total. The van der Waals surface area contributed by atoms with Gasteiger partial charge in [-0.25, -0.2) is 0 Å². The van der Waals surface area contributed by atoms with Gasteiger partial charge in [-0.3, -0.25) is 4.79 Å². The van der Waals surface area contributed by atoms with E-state index in [2.05, 4.69) is 5.16 Å². The number of oxime groups is 1. The summed E-state index contributed by atoms with van der Waals surface area (Å²) in [5.41, 5.74) is 2.58. The van der Waals surface area contributed by atoms with E-state index in [0.29, 0.717) is 24.2 Å². The second kappa shape index (κ2) is 5.28. The van der Waals surface area contributed by atoms with Gasteiger partial charge in [-0.1, -0.05) is 23.4 Å². The summed E-state index contributed by atoms with van der Waals surface area (Å²) in [4.78, 5) is 14.3. The molecule has 3 rings (SSSR count). The number of hydrogen-bond donors (Lipinski definition) is 2. The van der Waals surface area contributed by atoms with Crippen molar-refractivity contribution in [3.8, 4) is 5.75 Å². The first-order valence-corrected chi connectivity index (χ1v) is 6.62. The number of anilines is 1. The number of hydrogen-bond acceptors (Lipinski definition) is 4. The minimum absolute atomic E-state index is 0.125. The van der Waals surface area contributed by atoms with Crippen molar-refractivity contribution in [1.29, 1.82) is 0 Å². The van der Waals surface area contributed by atoms with Gasteiger partial charge in [-0.2, -0.15) is 0 Å². The van der Waals surface area contributed by atoms with Crippen LogP contribution >= 0.6 is 0 Å². The molecule has 0 fully saturated rings. The van der Waals surface area contributed by atoms with Crippen LogP contribution in [0.1, 0.15) is 22.3 Å². The van der Waals surface area contributed by atoms with Gasteiger partial charge in [-0.05, 0) is 30.3 Å². The highest BCUT2D eigenvalue weighted by atomic mass is 16.4. The van der Waals surface area contributed by atoms with Crippen LogP contribution in [0.5, 0.6) is 5.75 Å². The van der Waals surface area contributed by atoms with Crippen LogP contribution in [-0.4, -0.2) is 28.5 Å². The molecule has 106 valence electrons. The van der Waals surface area contributed by atoms with Crippen LogP contribution in [0.25, 0.3) is 0 Å². The maximum Gasteiger partial charge on any atom is 0.258 e. The minimum atomic E-state index is -0.139. The van der Waals surface area contributed by atoms with Crippen LogP contribution in [0.15, 0.2) is 53.7 Å². The second-order valence-corrected chi connectivity index (χ2v) is 4.82. The van der Waals surface area contributed by atoms with Gasteiger partial charge in [0.15, 0.2) is 0 Å². The number of benzene rings is 2. The topological polar surface area (TPSA) is 73.1 Å². The highest BCUT2D eigenvalue weighted by Gasteiger charge is 2.26. The summed E-state index contributed by atoms with van der Waals surface area (Å²) >= 11 is 0. The Labute approximate surface area is 121 Å². The van der Waals surface area contributed by atoms with Crippen LogP contribution in [0, 0.1) is 0 Å². The quantitative estimate of drug-likeness (QED) is 0.623. The number of carbonyl (C=O) groups excluding carboxylic acids is 1. The van der Waals surface area contributed by atoms with E-state index in [9.17, 15) is 9.90 Å². The zero-order valence-corrected chi connectivity index (χ0v) is 11.2. The number of carbonyl (C=O) groups is 1. The third-order valence-corrected chi connectivity index (χ3v) is 3.56. The molecule has 1 aliphatic heterocycles. The van der Waals surface area contributed by atoms with E-state index in [1.54, 1.807) is 17.0 Å². The van der Waals surface area contributed by atoms with E-state index < -0.39 is 0 Å². The fraction of sp³-hybridized carbons (Fsp3) is 0.125. The third-order valence-electron chi connectivity index (χ3n) is 3.56. The molecule has 2 aromatic carbocycles. The molecule has 1 amide bonds. The maximum absolute atomic E-state index is 12.6. The highest BCUT2D eigenvalue weighted by Crippen LogP contribution is 2.28.